The lowest BCUT2D eigenvalue weighted by Crippen LogP contribution is -2.61. The molecule has 2 aromatic carbocycles. The minimum Gasteiger partial charge on any atom is -0.507 e. The predicted molar refractivity (Wildman–Crippen MR) is 106 cm³/mol. The zero-order chi connectivity index (χ0) is 23.2. The highest BCUT2D eigenvalue weighted by atomic mass is 16.7. The van der Waals surface area contributed by atoms with Gasteiger partial charge in [0, 0.05) is 18.2 Å². The Morgan fingerprint density at radius 2 is 1.66 bits per heavy atom. The second-order valence-electron chi connectivity index (χ2n) is 7.21. The van der Waals surface area contributed by atoms with Crippen molar-refractivity contribution in [3.63, 3.8) is 0 Å². The van der Waals surface area contributed by atoms with Crippen LogP contribution in [-0.2, 0) is 9.53 Å². The van der Waals surface area contributed by atoms with E-state index in [1.807, 2.05) is 0 Å². The van der Waals surface area contributed by atoms with Gasteiger partial charge in [-0.1, -0.05) is 0 Å². The molecule has 1 aliphatic heterocycles. The predicted octanol–water partition coefficient (Wildman–Crippen LogP) is 0.769. The van der Waals surface area contributed by atoms with Gasteiger partial charge in [-0.3, -0.25) is 0 Å². The van der Waals surface area contributed by atoms with Gasteiger partial charge in [-0.2, -0.15) is 0 Å². The number of aliphatic hydroxyl groups is 3. The molecule has 0 aliphatic carbocycles. The van der Waals surface area contributed by atoms with Gasteiger partial charge in [0.1, 0.15) is 35.2 Å². The molecule has 0 amide bonds. The maximum absolute atomic E-state index is 11.2. The van der Waals surface area contributed by atoms with Crippen molar-refractivity contribution >= 4 is 16.9 Å². The van der Waals surface area contributed by atoms with Crippen LogP contribution in [0.2, 0.25) is 0 Å². The second kappa shape index (κ2) is 8.13. The number of phenols is 3. The first-order valence-corrected chi connectivity index (χ1v) is 9.37. The molecule has 1 aliphatic rings. The third kappa shape index (κ3) is 3.85. The SMILES string of the molecule is O=C(O)[C@H]1O[C@@H](Oc2ccc(-c3ccc4c(O)cc(O)cc4[o+]3)cc2O)[C@H](O)[C@H](O)[C@@H]1O. The van der Waals surface area contributed by atoms with Crippen molar-refractivity contribution in [2.24, 2.45) is 0 Å². The number of aliphatic hydroxyl groups excluding tert-OH is 3. The Balaban J connectivity index is 1.60. The van der Waals surface area contributed by atoms with E-state index in [4.69, 9.17) is 19.0 Å². The minimum absolute atomic E-state index is 0.167. The van der Waals surface area contributed by atoms with Gasteiger partial charge in [0.25, 0.3) is 0 Å². The van der Waals surface area contributed by atoms with Crippen molar-refractivity contribution in [3.05, 3.63) is 42.5 Å². The van der Waals surface area contributed by atoms with Crippen molar-refractivity contribution in [1.82, 2.24) is 0 Å². The molecular weight excluding hydrogens is 428 g/mol. The van der Waals surface area contributed by atoms with Crippen molar-refractivity contribution in [2.75, 3.05) is 0 Å². The van der Waals surface area contributed by atoms with E-state index in [0.29, 0.717) is 10.9 Å². The summed E-state index contributed by atoms with van der Waals surface area (Å²) in [5, 5.41) is 69.0. The summed E-state index contributed by atoms with van der Waals surface area (Å²) in [6.07, 6.45) is -9.02. The van der Waals surface area contributed by atoms with Gasteiger partial charge in [-0.15, -0.1) is 0 Å². The van der Waals surface area contributed by atoms with Crippen LogP contribution in [0.15, 0.2) is 46.9 Å². The lowest BCUT2D eigenvalue weighted by molar-refractivity contribution is -0.271. The van der Waals surface area contributed by atoms with E-state index in [1.165, 1.54) is 36.4 Å². The molecule has 1 aromatic heterocycles. The first-order valence-electron chi connectivity index (χ1n) is 9.37. The van der Waals surface area contributed by atoms with Crippen molar-refractivity contribution < 1.29 is 54.4 Å². The van der Waals surface area contributed by atoms with E-state index in [1.54, 1.807) is 6.07 Å². The third-order valence-corrected chi connectivity index (χ3v) is 5.03. The molecule has 11 nitrogen and oxygen atoms in total. The molecule has 3 aromatic rings. The van der Waals surface area contributed by atoms with Crippen LogP contribution in [0, 0.1) is 0 Å². The Labute approximate surface area is 179 Å². The summed E-state index contributed by atoms with van der Waals surface area (Å²) < 4.78 is 16.0. The van der Waals surface area contributed by atoms with Crippen LogP contribution in [0.25, 0.3) is 22.3 Å². The Hall–Kier alpha value is -3.64. The number of phenolic OH excluding ortho intramolecular Hbond substituents is 3. The normalized spacial score (nSPS) is 25.5. The number of aromatic hydroxyl groups is 3. The van der Waals surface area contributed by atoms with Gasteiger partial charge < -0.3 is 45.2 Å². The molecule has 1 saturated heterocycles. The molecular formula is C21H19O11+. The maximum atomic E-state index is 11.2. The first-order chi connectivity index (χ1) is 15.2. The maximum Gasteiger partial charge on any atom is 0.368 e. The molecule has 11 heteroatoms. The number of ether oxygens (including phenoxy) is 2. The smallest absolute Gasteiger partial charge is 0.368 e. The molecule has 4 rings (SSSR count). The van der Waals surface area contributed by atoms with E-state index in [9.17, 15) is 35.4 Å². The number of hydrogen-bond donors (Lipinski definition) is 7. The highest BCUT2D eigenvalue weighted by Gasteiger charge is 2.48. The molecule has 0 bridgehead atoms. The quantitative estimate of drug-likeness (QED) is 0.280. The summed E-state index contributed by atoms with van der Waals surface area (Å²) in [4.78, 5) is 11.2. The first kappa shape index (κ1) is 21.6. The lowest BCUT2D eigenvalue weighted by Gasteiger charge is -2.38. The molecule has 0 radical (unpaired) electrons. The van der Waals surface area contributed by atoms with Gasteiger partial charge in [-0.25, -0.2) is 9.21 Å². The van der Waals surface area contributed by atoms with Crippen LogP contribution >= 0.6 is 0 Å². The van der Waals surface area contributed by atoms with Gasteiger partial charge >= 0.3 is 17.3 Å². The molecule has 2 heterocycles. The van der Waals surface area contributed by atoms with Crippen LogP contribution in [-0.4, -0.2) is 72.4 Å². The number of rotatable bonds is 4. The van der Waals surface area contributed by atoms with Crippen LogP contribution < -0.4 is 4.74 Å². The van der Waals surface area contributed by atoms with E-state index in [-0.39, 0.29) is 28.6 Å². The van der Waals surface area contributed by atoms with Gasteiger partial charge in [0.15, 0.2) is 17.6 Å². The molecule has 0 unspecified atom stereocenters. The number of carboxylic acid groups (broad SMARTS) is 1. The summed E-state index contributed by atoms with van der Waals surface area (Å²) in [6, 6.07) is 9.63. The van der Waals surface area contributed by atoms with Crippen molar-refractivity contribution in [2.45, 2.75) is 30.7 Å². The van der Waals surface area contributed by atoms with E-state index in [2.05, 4.69) is 0 Å². The molecule has 168 valence electrons. The number of carbonyl (C=O) groups is 1. The number of benzene rings is 2. The van der Waals surface area contributed by atoms with Crippen molar-refractivity contribution in [1.29, 1.82) is 0 Å². The number of fused-ring (bicyclic) bond motifs is 1. The summed E-state index contributed by atoms with van der Waals surface area (Å²) in [5.74, 6) is -2.25. The van der Waals surface area contributed by atoms with Crippen LogP contribution in [0.4, 0.5) is 0 Å². The second-order valence-corrected chi connectivity index (χ2v) is 7.21. The Bertz CT molecular complexity index is 1180. The molecule has 0 saturated carbocycles. The summed E-state index contributed by atoms with van der Waals surface area (Å²) in [5.41, 5.74) is 0.592. The highest BCUT2D eigenvalue weighted by molar-refractivity contribution is 5.86. The standard InChI is InChI=1S/C21H18O11/c22-9-6-11(23)10-2-4-13(30-15(10)7-9)8-1-3-14(12(24)5-8)31-21-18(27)16(25)17(26)19(32-21)20(28)29/h1-7,16-19,21,25-27H,(H3-,22,23,24,28,29)/p+1/t16-,17+,18-,19+,21-/m1/s1. The Morgan fingerprint density at radius 1 is 0.906 bits per heavy atom. The van der Waals surface area contributed by atoms with Gasteiger partial charge in [0.05, 0.1) is 11.6 Å². The van der Waals surface area contributed by atoms with Crippen LogP contribution in [0.5, 0.6) is 23.0 Å². The fourth-order valence-corrected chi connectivity index (χ4v) is 3.36. The average molecular weight is 447 g/mol. The third-order valence-electron chi connectivity index (χ3n) is 5.03. The molecule has 32 heavy (non-hydrogen) atoms. The van der Waals surface area contributed by atoms with E-state index >= 15 is 0 Å². The Morgan fingerprint density at radius 3 is 2.34 bits per heavy atom. The Kier molecular flexibility index (Phi) is 5.48. The molecule has 0 spiro atoms. The average Bonchev–Trinajstić information content (AvgIpc) is 2.74. The fraction of sp³-hybridized carbons (Fsp3) is 0.238. The molecule has 5 atom stereocenters. The number of hydrogen-bond acceptors (Lipinski definition) is 9. The monoisotopic (exact) mass is 447 g/mol. The summed E-state index contributed by atoms with van der Waals surface area (Å²) in [7, 11) is 0. The zero-order valence-corrected chi connectivity index (χ0v) is 16.2. The lowest BCUT2D eigenvalue weighted by atomic mass is 9.99. The van der Waals surface area contributed by atoms with Crippen LogP contribution in [0.3, 0.4) is 0 Å². The molecule has 7 N–H and O–H groups in total. The van der Waals surface area contributed by atoms with Crippen molar-refractivity contribution in [3.8, 4) is 34.3 Å². The summed E-state index contributed by atoms with van der Waals surface area (Å²) in [6.45, 7) is 0. The largest absolute Gasteiger partial charge is 0.507 e. The summed E-state index contributed by atoms with van der Waals surface area (Å²) >= 11 is 0. The van der Waals surface area contributed by atoms with E-state index < -0.39 is 42.4 Å². The van der Waals surface area contributed by atoms with Gasteiger partial charge in [-0.05, 0) is 18.2 Å². The molecule has 1 fully saturated rings. The number of aliphatic carboxylic acids is 1. The van der Waals surface area contributed by atoms with Crippen LogP contribution in [0.1, 0.15) is 0 Å². The zero-order valence-electron chi connectivity index (χ0n) is 16.2. The minimum atomic E-state index is -1.87. The van der Waals surface area contributed by atoms with Gasteiger partial charge in [0.2, 0.25) is 6.29 Å². The van der Waals surface area contributed by atoms with E-state index in [0.717, 1.165) is 0 Å². The number of carboxylic acids is 1. The highest BCUT2D eigenvalue weighted by Crippen LogP contribution is 2.37. The topological polar surface area (TPSA) is 188 Å². The fourth-order valence-electron chi connectivity index (χ4n) is 3.36.